The highest BCUT2D eigenvalue weighted by atomic mass is 32.2. The van der Waals surface area contributed by atoms with Crippen LogP contribution in [0.15, 0.2) is 29.1 Å². The fourth-order valence-electron chi connectivity index (χ4n) is 3.27. The lowest BCUT2D eigenvalue weighted by atomic mass is 10.1. The first-order valence-corrected chi connectivity index (χ1v) is 12.2. The number of nitrogens with zero attached hydrogens (tertiary/aromatic N) is 2. The van der Waals surface area contributed by atoms with E-state index in [1.54, 1.807) is 0 Å². The molecule has 1 fully saturated rings. The summed E-state index contributed by atoms with van der Waals surface area (Å²) < 4.78 is 71.2. The number of carboxylic acid groups (broad SMARTS) is 1. The smallest absolute Gasteiger partial charge is 0.490 e. The van der Waals surface area contributed by atoms with Crippen LogP contribution in [-0.2, 0) is 28.4 Å². The van der Waals surface area contributed by atoms with E-state index in [1.165, 1.54) is 31.3 Å². The maximum absolute atomic E-state index is 13.0. The molecular weight excluding hydrogens is 530 g/mol. The zero-order valence-electron chi connectivity index (χ0n) is 19.3. The van der Waals surface area contributed by atoms with Crippen LogP contribution >= 0.6 is 0 Å². The van der Waals surface area contributed by atoms with Crippen LogP contribution in [0.2, 0.25) is 0 Å². The monoisotopic (exact) mass is 553 g/mol. The Morgan fingerprint density at radius 1 is 1.24 bits per heavy atom. The van der Waals surface area contributed by atoms with Crippen molar-refractivity contribution in [2.75, 3.05) is 12.8 Å². The Morgan fingerprint density at radius 3 is 2.32 bits per heavy atom. The van der Waals surface area contributed by atoms with E-state index in [1.807, 2.05) is 0 Å². The van der Waals surface area contributed by atoms with Crippen LogP contribution in [0, 0.1) is 5.82 Å². The summed E-state index contributed by atoms with van der Waals surface area (Å²) in [4.78, 5) is 38.0. The normalized spacial score (nSPS) is 17.6. The van der Waals surface area contributed by atoms with Crippen LogP contribution < -0.4 is 20.9 Å². The van der Waals surface area contributed by atoms with Crippen molar-refractivity contribution in [2.24, 2.45) is 7.05 Å². The van der Waals surface area contributed by atoms with Crippen molar-refractivity contribution in [3.63, 3.8) is 0 Å². The van der Waals surface area contributed by atoms with Crippen molar-refractivity contribution in [1.82, 2.24) is 24.9 Å². The van der Waals surface area contributed by atoms with Gasteiger partial charge in [-0.1, -0.05) is 12.1 Å². The lowest BCUT2D eigenvalue weighted by molar-refractivity contribution is -0.192. The summed E-state index contributed by atoms with van der Waals surface area (Å²) in [7, 11) is -2.00. The van der Waals surface area contributed by atoms with Crippen molar-refractivity contribution < 1.29 is 45.8 Å². The van der Waals surface area contributed by atoms with Crippen molar-refractivity contribution >= 4 is 21.9 Å². The lowest BCUT2D eigenvalue weighted by Gasteiger charge is -2.16. The van der Waals surface area contributed by atoms with Crippen LogP contribution in [0.3, 0.4) is 0 Å². The minimum absolute atomic E-state index is 0.0484. The topological polar surface area (TPSA) is 180 Å². The quantitative estimate of drug-likeness (QED) is 0.311. The largest absolute Gasteiger partial charge is 0.501 e. The van der Waals surface area contributed by atoms with Crippen molar-refractivity contribution in [1.29, 1.82) is 0 Å². The number of aliphatic carboxylic acids is 1. The van der Waals surface area contributed by atoms with Crippen LogP contribution in [0.5, 0.6) is 5.75 Å². The molecule has 3 rings (SSSR count). The second-order valence-electron chi connectivity index (χ2n) is 7.93. The molecule has 0 aliphatic carbocycles. The van der Waals surface area contributed by atoms with Gasteiger partial charge in [0.15, 0.2) is 5.69 Å². The fourth-order valence-corrected chi connectivity index (χ4v) is 4.05. The number of alkyl halides is 3. The first-order chi connectivity index (χ1) is 17.0. The van der Waals surface area contributed by atoms with Crippen molar-refractivity contribution in [3.05, 3.63) is 57.5 Å². The van der Waals surface area contributed by atoms with Crippen molar-refractivity contribution in [3.8, 4) is 5.75 Å². The van der Waals surface area contributed by atoms with Gasteiger partial charge >= 0.3 is 12.1 Å². The Kier molecular flexibility index (Phi) is 9.34. The highest BCUT2D eigenvalue weighted by Gasteiger charge is 2.38. The fraction of sp³-hybridized carbons (Fsp3) is 0.400. The van der Waals surface area contributed by atoms with E-state index in [4.69, 9.17) is 9.90 Å². The average molecular weight is 553 g/mol. The van der Waals surface area contributed by atoms with Gasteiger partial charge in [-0.3, -0.25) is 14.2 Å². The van der Waals surface area contributed by atoms with E-state index in [0.29, 0.717) is 18.5 Å². The number of sulfonamides is 1. The number of carboxylic acids is 1. The number of benzene rings is 1. The summed E-state index contributed by atoms with van der Waals surface area (Å²) in [5.74, 6) is -4.52. The molecular formula is C20H23F4N5O7S. The predicted octanol–water partition coefficient (Wildman–Crippen LogP) is 0.141. The van der Waals surface area contributed by atoms with Gasteiger partial charge in [0.05, 0.1) is 12.3 Å². The number of aromatic hydroxyl groups is 1. The number of carbonyl (C=O) groups excluding carboxylic acids is 1. The van der Waals surface area contributed by atoms with E-state index >= 15 is 0 Å². The maximum Gasteiger partial charge on any atom is 0.490 e. The summed E-state index contributed by atoms with van der Waals surface area (Å²) in [5.41, 5.74) is -0.606. The number of carbonyl (C=O) groups is 2. The van der Waals surface area contributed by atoms with E-state index < -0.39 is 63.0 Å². The standard InChI is InChI=1S/C18H22FN5O5S.C2HF3O2/c1-24-16(13-7-12(9-20-13)23-30(2,28)29)22-14(15(25)18(24)27)17(26)21-8-10-3-5-11(19)6-4-10;3-2(4,5)1(6)7/h3-6,12-13,20,23,25H,7-9H2,1-2H3,(H,21,26);(H,6,7)/t12-,13-;/m0./s1. The third-order valence-electron chi connectivity index (χ3n) is 4.95. The molecule has 1 aromatic heterocycles. The summed E-state index contributed by atoms with van der Waals surface area (Å²) in [6.45, 7) is 0.368. The van der Waals surface area contributed by atoms with Gasteiger partial charge in [-0.15, -0.1) is 0 Å². The second-order valence-corrected chi connectivity index (χ2v) is 9.71. The van der Waals surface area contributed by atoms with Gasteiger partial charge in [-0.05, 0) is 24.1 Å². The number of amides is 1. The molecule has 37 heavy (non-hydrogen) atoms. The van der Waals surface area contributed by atoms with Crippen molar-refractivity contribution in [2.45, 2.75) is 31.2 Å². The summed E-state index contributed by atoms with van der Waals surface area (Å²) >= 11 is 0. The molecule has 12 nitrogen and oxygen atoms in total. The van der Waals surface area contributed by atoms with Crippen LogP contribution in [0.4, 0.5) is 17.6 Å². The van der Waals surface area contributed by atoms with Crippen LogP contribution in [0.25, 0.3) is 0 Å². The third kappa shape index (κ3) is 8.50. The molecule has 1 amide bonds. The highest BCUT2D eigenvalue weighted by Crippen LogP contribution is 2.23. The number of aromatic nitrogens is 2. The zero-order chi connectivity index (χ0) is 28.1. The molecule has 1 saturated heterocycles. The highest BCUT2D eigenvalue weighted by molar-refractivity contribution is 7.88. The van der Waals surface area contributed by atoms with E-state index in [-0.39, 0.29) is 12.4 Å². The number of halogens is 4. The molecule has 1 aliphatic rings. The van der Waals surface area contributed by atoms with Gasteiger partial charge in [-0.2, -0.15) is 13.2 Å². The van der Waals surface area contributed by atoms with Gasteiger partial charge in [0.1, 0.15) is 11.6 Å². The minimum atomic E-state index is -5.08. The molecule has 204 valence electrons. The molecule has 2 atom stereocenters. The zero-order valence-corrected chi connectivity index (χ0v) is 20.2. The number of hydrogen-bond donors (Lipinski definition) is 5. The van der Waals surface area contributed by atoms with Gasteiger partial charge in [0, 0.05) is 26.2 Å². The maximum atomic E-state index is 13.0. The number of hydrogen-bond acceptors (Lipinski definition) is 8. The van der Waals surface area contributed by atoms with Gasteiger partial charge in [0.2, 0.25) is 15.8 Å². The van der Waals surface area contributed by atoms with Gasteiger partial charge < -0.3 is 20.8 Å². The Hall–Kier alpha value is -3.57. The van der Waals surface area contributed by atoms with E-state index in [9.17, 15) is 40.7 Å². The molecule has 0 spiro atoms. The Balaban J connectivity index is 0.000000604. The van der Waals surface area contributed by atoms with Crippen LogP contribution in [0.1, 0.15) is 34.3 Å². The third-order valence-corrected chi connectivity index (χ3v) is 5.71. The molecule has 0 unspecified atom stereocenters. The SMILES string of the molecule is Cn1c([C@@H]2C[C@H](NS(C)(=O)=O)CN2)nc(C(=O)NCc2ccc(F)cc2)c(O)c1=O.O=C(O)C(F)(F)F. The first-order valence-electron chi connectivity index (χ1n) is 10.3. The van der Waals surface area contributed by atoms with E-state index in [2.05, 4.69) is 20.3 Å². The molecule has 5 N–H and O–H groups in total. The molecule has 1 aliphatic heterocycles. The molecule has 2 heterocycles. The van der Waals surface area contributed by atoms with E-state index in [0.717, 1.165) is 10.8 Å². The minimum Gasteiger partial charge on any atom is -0.501 e. The first kappa shape index (κ1) is 29.7. The Labute approximate surface area is 207 Å². The average Bonchev–Trinajstić information content (AvgIpc) is 3.23. The number of rotatable bonds is 6. The molecule has 0 saturated carbocycles. The lowest BCUT2D eigenvalue weighted by Crippen LogP contribution is -2.35. The van der Waals surface area contributed by atoms with Gasteiger partial charge in [-0.25, -0.2) is 27.3 Å². The summed E-state index contributed by atoms with van der Waals surface area (Å²) in [6, 6.07) is 4.60. The molecule has 17 heteroatoms. The second kappa shape index (κ2) is 11.7. The molecule has 0 radical (unpaired) electrons. The Morgan fingerprint density at radius 2 is 1.81 bits per heavy atom. The Bertz CT molecular complexity index is 1310. The van der Waals surface area contributed by atoms with Gasteiger partial charge in [0.25, 0.3) is 11.5 Å². The predicted molar refractivity (Wildman–Crippen MR) is 120 cm³/mol. The molecule has 1 aromatic carbocycles. The number of nitrogens with one attached hydrogen (secondary N) is 3. The summed E-state index contributed by atoms with van der Waals surface area (Å²) in [6.07, 6.45) is -3.72. The summed E-state index contributed by atoms with van der Waals surface area (Å²) in [5, 5.41) is 22.9. The molecule has 0 bridgehead atoms. The molecule has 2 aromatic rings. The van der Waals surface area contributed by atoms with Crippen LogP contribution in [-0.4, -0.2) is 65.1 Å².